The number of hydrogen-bond donors (Lipinski definition) is 3. The minimum Gasteiger partial charge on any atom is -0.393 e. The van der Waals surface area contributed by atoms with Crippen molar-refractivity contribution in [1.29, 1.82) is 0 Å². The van der Waals surface area contributed by atoms with E-state index in [1.807, 2.05) is 18.2 Å². The van der Waals surface area contributed by atoms with Crippen LogP contribution in [0.15, 0.2) is 24.3 Å². The zero-order chi connectivity index (χ0) is 13.8. The molecule has 0 unspecified atom stereocenters. The molecule has 0 aliphatic carbocycles. The molecule has 2 heterocycles. The number of piperidine rings is 1. The van der Waals surface area contributed by atoms with Gasteiger partial charge >= 0.3 is 0 Å². The summed E-state index contributed by atoms with van der Waals surface area (Å²) in [6.45, 7) is 4.05. The Hall–Kier alpha value is -1.59. The van der Waals surface area contributed by atoms with Crippen LogP contribution >= 0.6 is 0 Å². The first-order valence-electron chi connectivity index (χ1n) is 7.40. The molecule has 3 N–H and O–H groups in total. The Labute approximate surface area is 119 Å². The summed E-state index contributed by atoms with van der Waals surface area (Å²) in [5, 5.41) is 21.4. The molecule has 20 heavy (non-hydrogen) atoms. The maximum atomic E-state index is 9.47. The van der Waals surface area contributed by atoms with Gasteiger partial charge in [-0.05, 0) is 37.9 Å². The molecule has 5 heteroatoms. The number of fused-ring (bicyclic) bond motifs is 1. The van der Waals surface area contributed by atoms with Crippen molar-refractivity contribution >= 4 is 16.7 Å². The Morgan fingerprint density at radius 3 is 2.95 bits per heavy atom. The minimum atomic E-state index is -0.0835. The number of nitrogens with one attached hydrogen (secondary N) is 2. The van der Waals surface area contributed by atoms with E-state index in [9.17, 15) is 5.11 Å². The SMILES string of the molecule is OC1CCN(CCCNc2n[nH]c3ccccc23)CC1. The van der Waals surface area contributed by atoms with E-state index in [4.69, 9.17) is 0 Å². The molecule has 1 aromatic carbocycles. The molecule has 0 bridgehead atoms. The Balaban J connectivity index is 1.44. The first kappa shape index (κ1) is 13.4. The van der Waals surface area contributed by atoms with E-state index < -0.39 is 0 Å². The molecule has 1 aliphatic rings. The van der Waals surface area contributed by atoms with Gasteiger partial charge in [0.25, 0.3) is 0 Å². The number of para-hydroxylation sites is 1. The fraction of sp³-hybridized carbons (Fsp3) is 0.533. The van der Waals surface area contributed by atoms with Crippen LogP contribution in [-0.4, -0.2) is 52.5 Å². The minimum absolute atomic E-state index is 0.0835. The molecule has 1 aliphatic heterocycles. The van der Waals surface area contributed by atoms with Gasteiger partial charge in [-0.2, -0.15) is 5.10 Å². The average molecular weight is 274 g/mol. The quantitative estimate of drug-likeness (QED) is 0.728. The summed E-state index contributed by atoms with van der Waals surface area (Å²) < 4.78 is 0. The van der Waals surface area contributed by atoms with E-state index in [-0.39, 0.29) is 6.10 Å². The third-order valence-electron chi connectivity index (χ3n) is 3.97. The number of hydrogen-bond acceptors (Lipinski definition) is 4. The largest absolute Gasteiger partial charge is 0.393 e. The van der Waals surface area contributed by atoms with Crippen molar-refractivity contribution in [3.05, 3.63) is 24.3 Å². The molecule has 2 aromatic rings. The molecule has 0 saturated carbocycles. The zero-order valence-electron chi connectivity index (χ0n) is 11.7. The van der Waals surface area contributed by atoms with Gasteiger partial charge in [-0.15, -0.1) is 0 Å². The van der Waals surface area contributed by atoms with Crippen LogP contribution in [0, 0.1) is 0 Å². The highest BCUT2D eigenvalue weighted by atomic mass is 16.3. The van der Waals surface area contributed by atoms with Crippen LogP contribution < -0.4 is 5.32 Å². The van der Waals surface area contributed by atoms with E-state index >= 15 is 0 Å². The van der Waals surface area contributed by atoms with Gasteiger partial charge in [-0.3, -0.25) is 5.10 Å². The number of benzene rings is 1. The van der Waals surface area contributed by atoms with Gasteiger partial charge in [0.15, 0.2) is 5.82 Å². The van der Waals surface area contributed by atoms with Crippen LogP contribution in [0.1, 0.15) is 19.3 Å². The highest BCUT2D eigenvalue weighted by molar-refractivity contribution is 5.89. The predicted molar refractivity (Wildman–Crippen MR) is 80.9 cm³/mol. The number of aliphatic hydroxyl groups excluding tert-OH is 1. The van der Waals surface area contributed by atoms with Crippen LogP contribution in [0.3, 0.4) is 0 Å². The molecule has 108 valence electrons. The normalized spacial score (nSPS) is 17.6. The maximum Gasteiger partial charge on any atom is 0.155 e. The lowest BCUT2D eigenvalue weighted by molar-refractivity contribution is 0.0825. The van der Waals surface area contributed by atoms with E-state index in [1.54, 1.807) is 0 Å². The molecule has 1 fully saturated rings. The first-order chi connectivity index (χ1) is 9.83. The molecule has 0 spiro atoms. The fourth-order valence-corrected chi connectivity index (χ4v) is 2.75. The van der Waals surface area contributed by atoms with Gasteiger partial charge in [0, 0.05) is 25.0 Å². The van der Waals surface area contributed by atoms with Crippen LogP contribution in [0.4, 0.5) is 5.82 Å². The monoisotopic (exact) mass is 274 g/mol. The van der Waals surface area contributed by atoms with Gasteiger partial charge in [0.1, 0.15) is 0 Å². The zero-order valence-corrected chi connectivity index (χ0v) is 11.7. The fourth-order valence-electron chi connectivity index (χ4n) is 2.75. The number of aliphatic hydroxyl groups is 1. The van der Waals surface area contributed by atoms with Crippen LogP contribution in [0.25, 0.3) is 10.9 Å². The van der Waals surface area contributed by atoms with Gasteiger partial charge in [0.2, 0.25) is 0 Å². The predicted octanol–water partition coefficient (Wildman–Crippen LogP) is 1.82. The summed E-state index contributed by atoms with van der Waals surface area (Å²) in [5.41, 5.74) is 1.07. The van der Waals surface area contributed by atoms with Gasteiger partial charge < -0.3 is 15.3 Å². The second-order valence-corrected chi connectivity index (χ2v) is 5.47. The summed E-state index contributed by atoms with van der Waals surface area (Å²) >= 11 is 0. The van der Waals surface area contributed by atoms with E-state index in [0.717, 1.165) is 62.2 Å². The second-order valence-electron chi connectivity index (χ2n) is 5.47. The van der Waals surface area contributed by atoms with Crippen LogP contribution in [0.5, 0.6) is 0 Å². The lowest BCUT2D eigenvalue weighted by atomic mass is 10.1. The molecule has 3 rings (SSSR count). The molecule has 0 amide bonds. The number of rotatable bonds is 5. The van der Waals surface area contributed by atoms with E-state index in [0.29, 0.717) is 0 Å². The van der Waals surface area contributed by atoms with E-state index in [2.05, 4.69) is 26.5 Å². The lowest BCUT2D eigenvalue weighted by Crippen LogP contribution is -2.36. The van der Waals surface area contributed by atoms with Crippen molar-refractivity contribution in [2.45, 2.75) is 25.4 Å². The summed E-state index contributed by atoms with van der Waals surface area (Å²) in [6, 6.07) is 8.15. The smallest absolute Gasteiger partial charge is 0.155 e. The molecule has 0 radical (unpaired) electrons. The van der Waals surface area contributed by atoms with Gasteiger partial charge in [0.05, 0.1) is 11.6 Å². The molecule has 1 aromatic heterocycles. The number of likely N-dealkylation sites (tertiary alicyclic amines) is 1. The summed E-state index contributed by atoms with van der Waals surface area (Å²) in [5.74, 6) is 0.940. The van der Waals surface area contributed by atoms with E-state index in [1.165, 1.54) is 0 Å². The van der Waals surface area contributed by atoms with Gasteiger partial charge in [-0.25, -0.2) is 0 Å². The molecule has 5 nitrogen and oxygen atoms in total. The topological polar surface area (TPSA) is 64.2 Å². The molecule has 0 atom stereocenters. The summed E-state index contributed by atoms with van der Waals surface area (Å²) in [6.07, 6.45) is 2.84. The third-order valence-corrected chi connectivity index (χ3v) is 3.97. The highest BCUT2D eigenvalue weighted by Gasteiger charge is 2.16. The standard InChI is InChI=1S/C15H22N4O/c20-12-6-10-19(11-7-12)9-3-8-16-15-13-4-1-2-5-14(13)17-18-15/h1-2,4-5,12,20H,3,6-11H2,(H2,16,17,18). The Morgan fingerprint density at radius 2 is 2.10 bits per heavy atom. The first-order valence-corrected chi connectivity index (χ1v) is 7.40. The second kappa shape index (κ2) is 6.24. The number of H-pyrrole nitrogens is 1. The van der Waals surface area contributed by atoms with Crippen LogP contribution in [0.2, 0.25) is 0 Å². The number of aromatic amines is 1. The van der Waals surface area contributed by atoms with Crippen molar-refractivity contribution in [3.8, 4) is 0 Å². The van der Waals surface area contributed by atoms with Crippen molar-refractivity contribution in [2.24, 2.45) is 0 Å². The van der Waals surface area contributed by atoms with Crippen molar-refractivity contribution in [2.75, 3.05) is 31.5 Å². The number of aromatic nitrogens is 2. The highest BCUT2D eigenvalue weighted by Crippen LogP contribution is 2.19. The van der Waals surface area contributed by atoms with Crippen molar-refractivity contribution in [3.63, 3.8) is 0 Å². The number of nitrogens with zero attached hydrogens (tertiary/aromatic N) is 2. The molecular weight excluding hydrogens is 252 g/mol. The molecular formula is C15H22N4O. The molecule has 1 saturated heterocycles. The van der Waals surface area contributed by atoms with Crippen molar-refractivity contribution in [1.82, 2.24) is 15.1 Å². The van der Waals surface area contributed by atoms with Crippen molar-refractivity contribution < 1.29 is 5.11 Å². The Kier molecular flexibility index (Phi) is 4.18. The Bertz CT molecular complexity index is 546. The lowest BCUT2D eigenvalue weighted by Gasteiger charge is -2.29. The summed E-state index contributed by atoms with van der Waals surface area (Å²) in [4.78, 5) is 2.43. The third kappa shape index (κ3) is 3.11. The number of anilines is 1. The Morgan fingerprint density at radius 1 is 1.30 bits per heavy atom. The van der Waals surface area contributed by atoms with Gasteiger partial charge in [-0.1, -0.05) is 12.1 Å². The van der Waals surface area contributed by atoms with Crippen LogP contribution in [-0.2, 0) is 0 Å². The average Bonchev–Trinajstić information content (AvgIpc) is 2.89. The maximum absolute atomic E-state index is 9.47. The summed E-state index contributed by atoms with van der Waals surface area (Å²) in [7, 11) is 0.